The Kier molecular flexibility index (Phi) is 4.49. The second-order valence-corrected chi connectivity index (χ2v) is 5.59. The number of aliphatic hydroxyl groups excluding tert-OH is 1. The molecule has 1 unspecified atom stereocenters. The molecule has 0 saturated carbocycles. The van der Waals surface area contributed by atoms with E-state index in [1.54, 1.807) is 4.90 Å². The van der Waals surface area contributed by atoms with Crippen molar-refractivity contribution in [1.29, 1.82) is 0 Å². The van der Waals surface area contributed by atoms with E-state index < -0.39 is 6.10 Å². The van der Waals surface area contributed by atoms with Crippen LogP contribution in [0, 0.1) is 0 Å². The molecule has 6 heteroatoms. The number of benzene rings is 1. The number of fused-ring (bicyclic) bond motifs is 1. The molecule has 2 aliphatic heterocycles. The predicted molar refractivity (Wildman–Crippen MR) is 85.7 cm³/mol. The molecule has 6 nitrogen and oxygen atoms in total. The van der Waals surface area contributed by atoms with Gasteiger partial charge in [0.1, 0.15) is 11.4 Å². The molecule has 0 aromatic heterocycles. The van der Waals surface area contributed by atoms with Crippen molar-refractivity contribution < 1.29 is 14.6 Å². The van der Waals surface area contributed by atoms with Crippen molar-refractivity contribution in [2.45, 2.75) is 19.4 Å². The Balaban J connectivity index is 2.02. The summed E-state index contributed by atoms with van der Waals surface area (Å²) in [5, 5.41) is 12.7. The number of carbonyl (C=O) groups is 1. The Hall–Kier alpha value is -1.79. The number of hydrogen-bond acceptors (Lipinski definition) is 5. The summed E-state index contributed by atoms with van der Waals surface area (Å²) in [6.45, 7) is 5.83. The first-order valence-electron chi connectivity index (χ1n) is 7.93. The Bertz CT molecular complexity index is 543. The highest BCUT2D eigenvalue weighted by molar-refractivity contribution is 6.03. The molecule has 0 spiro atoms. The molecule has 2 aliphatic rings. The van der Waals surface area contributed by atoms with Crippen LogP contribution in [0.4, 0.5) is 11.4 Å². The minimum Gasteiger partial charge on any atom is -0.478 e. The molecule has 1 saturated heterocycles. The number of carbonyl (C=O) groups excluding carboxylic acids is 1. The second-order valence-electron chi connectivity index (χ2n) is 5.59. The Morgan fingerprint density at radius 3 is 2.82 bits per heavy atom. The molecule has 22 heavy (non-hydrogen) atoms. The highest BCUT2D eigenvalue weighted by atomic mass is 16.5. The summed E-state index contributed by atoms with van der Waals surface area (Å²) >= 11 is 0. The summed E-state index contributed by atoms with van der Waals surface area (Å²) in [5.41, 5.74) is 1.81. The number of para-hydroxylation sites is 1. The van der Waals surface area contributed by atoms with Crippen LogP contribution in [0.2, 0.25) is 0 Å². The van der Waals surface area contributed by atoms with Crippen LogP contribution in [0.15, 0.2) is 18.2 Å². The highest BCUT2D eigenvalue weighted by Crippen LogP contribution is 2.42. The number of aliphatic hydroxyl groups is 1. The van der Waals surface area contributed by atoms with Crippen LogP contribution in [0.1, 0.15) is 13.3 Å². The number of piperazine rings is 1. The lowest BCUT2D eigenvalue weighted by Crippen LogP contribution is -2.49. The van der Waals surface area contributed by atoms with E-state index in [2.05, 4.69) is 10.2 Å². The monoisotopic (exact) mass is 305 g/mol. The molecular weight excluding hydrogens is 282 g/mol. The SMILES string of the molecule is CCC1Oc2cccc(N3CCNCC3)c2N(CCO)C1=O. The molecular formula is C16H23N3O3. The van der Waals surface area contributed by atoms with Crippen LogP contribution in [-0.4, -0.2) is 56.4 Å². The van der Waals surface area contributed by atoms with Crippen molar-refractivity contribution in [3.8, 4) is 5.75 Å². The number of amides is 1. The van der Waals surface area contributed by atoms with Gasteiger partial charge in [0.2, 0.25) is 0 Å². The summed E-state index contributed by atoms with van der Waals surface area (Å²) in [6.07, 6.45) is 0.162. The smallest absolute Gasteiger partial charge is 0.268 e. The number of β-amino-alcohol motifs (C(OH)–C–C–N with tert-alkyl or cyclic N) is 1. The number of anilines is 2. The van der Waals surface area contributed by atoms with Gasteiger partial charge >= 0.3 is 0 Å². The molecule has 0 radical (unpaired) electrons. The zero-order chi connectivity index (χ0) is 15.5. The summed E-state index contributed by atoms with van der Waals surface area (Å²) in [6, 6.07) is 5.90. The molecule has 3 rings (SSSR count). The van der Waals surface area contributed by atoms with Crippen LogP contribution in [0.5, 0.6) is 5.75 Å². The van der Waals surface area contributed by atoms with Crippen molar-refractivity contribution in [2.24, 2.45) is 0 Å². The maximum absolute atomic E-state index is 12.6. The second kappa shape index (κ2) is 6.54. The summed E-state index contributed by atoms with van der Waals surface area (Å²) in [5.74, 6) is 0.669. The fraction of sp³-hybridized carbons (Fsp3) is 0.562. The zero-order valence-electron chi connectivity index (χ0n) is 12.9. The lowest BCUT2D eigenvalue weighted by atomic mass is 10.1. The van der Waals surface area contributed by atoms with Crippen LogP contribution in [-0.2, 0) is 4.79 Å². The van der Waals surface area contributed by atoms with Crippen molar-refractivity contribution in [3.63, 3.8) is 0 Å². The first kappa shape index (κ1) is 15.1. The first-order valence-corrected chi connectivity index (χ1v) is 7.93. The topological polar surface area (TPSA) is 65.0 Å². The maximum Gasteiger partial charge on any atom is 0.268 e. The fourth-order valence-corrected chi connectivity index (χ4v) is 3.11. The van der Waals surface area contributed by atoms with E-state index in [0.717, 1.165) is 43.3 Å². The van der Waals surface area contributed by atoms with Gasteiger partial charge in [-0.15, -0.1) is 0 Å². The molecule has 0 bridgehead atoms. The fourth-order valence-electron chi connectivity index (χ4n) is 3.11. The van der Waals surface area contributed by atoms with E-state index in [9.17, 15) is 9.90 Å². The molecule has 1 amide bonds. The van der Waals surface area contributed by atoms with Crippen molar-refractivity contribution in [2.75, 3.05) is 49.1 Å². The van der Waals surface area contributed by atoms with Gasteiger partial charge in [-0.1, -0.05) is 13.0 Å². The standard InChI is InChI=1S/C16H23N3O3/c1-2-13-16(21)19(10-11-20)15-12(4-3-5-14(15)22-13)18-8-6-17-7-9-18/h3-5,13,17,20H,2,6-11H2,1H3. The van der Waals surface area contributed by atoms with E-state index in [1.807, 2.05) is 25.1 Å². The van der Waals surface area contributed by atoms with Crippen LogP contribution in [0.3, 0.4) is 0 Å². The van der Waals surface area contributed by atoms with Crippen LogP contribution < -0.4 is 19.9 Å². The molecule has 120 valence electrons. The van der Waals surface area contributed by atoms with Gasteiger partial charge in [0.15, 0.2) is 6.10 Å². The highest BCUT2D eigenvalue weighted by Gasteiger charge is 2.35. The van der Waals surface area contributed by atoms with Crippen LogP contribution >= 0.6 is 0 Å². The number of rotatable bonds is 4. The molecule has 2 N–H and O–H groups in total. The van der Waals surface area contributed by atoms with E-state index in [-0.39, 0.29) is 12.5 Å². The van der Waals surface area contributed by atoms with Gasteiger partial charge in [-0.3, -0.25) is 4.79 Å². The first-order chi connectivity index (χ1) is 10.8. The Morgan fingerprint density at radius 2 is 2.14 bits per heavy atom. The van der Waals surface area contributed by atoms with Gasteiger partial charge in [0.25, 0.3) is 5.91 Å². The third-order valence-corrected chi connectivity index (χ3v) is 4.21. The number of nitrogens with one attached hydrogen (secondary N) is 1. The molecule has 1 aromatic rings. The summed E-state index contributed by atoms with van der Waals surface area (Å²) in [4.78, 5) is 16.6. The van der Waals surface area contributed by atoms with Crippen molar-refractivity contribution in [1.82, 2.24) is 5.32 Å². The lowest BCUT2D eigenvalue weighted by Gasteiger charge is -2.38. The largest absolute Gasteiger partial charge is 0.478 e. The van der Waals surface area contributed by atoms with E-state index >= 15 is 0 Å². The Labute approximate surface area is 130 Å². The van der Waals surface area contributed by atoms with E-state index in [0.29, 0.717) is 13.0 Å². The summed E-state index contributed by atoms with van der Waals surface area (Å²) < 4.78 is 5.89. The van der Waals surface area contributed by atoms with Gasteiger partial charge < -0.3 is 25.0 Å². The normalized spacial score (nSPS) is 21.5. The Morgan fingerprint density at radius 1 is 1.36 bits per heavy atom. The van der Waals surface area contributed by atoms with Gasteiger partial charge in [0.05, 0.1) is 12.3 Å². The van der Waals surface area contributed by atoms with Crippen molar-refractivity contribution >= 4 is 17.3 Å². The number of hydrogen-bond donors (Lipinski definition) is 2. The molecule has 1 aromatic carbocycles. The van der Waals surface area contributed by atoms with Gasteiger partial charge in [0, 0.05) is 32.7 Å². The molecule has 1 atom stereocenters. The molecule has 0 aliphatic carbocycles. The molecule has 1 fully saturated rings. The average Bonchev–Trinajstić information content (AvgIpc) is 2.57. The van der Waals surface area contributed by atoms with Gasteiger partial charge in [-0.05, 0) is 18.6 Å². The van der Waals surface area contributed by atoms with Crippen molar-refractivity contribution in [3.05, 3.63) is 18.2 Å². The number of ether oxygens (including phenoxy) is 1. The van der Waals surface area contributed by atoms with E-state index in [1.165, 1.54) is 0 Å². The minimum absolute atomic E-state index is 0.0580. The third kappa shape index (κ3) is 2.64. The minimum atomic E-state index is -0.461. The molecule has 2 heterocycles. The zero-order valence-corrected chi connectivity index (χ0v) is 12.9. The third-order valence-electron chi connectivity index (χ3n) is 4.21. The van der Waals surface area contributed by atoms with Gasteiger partial charge in [-0.2, -0.15) is 0 Å². The summed E-state index contributed by atoms with van der Waals surface area (Å²) in [7, 11) is 0. The lowest BCUT2D eigenvalue weighted by molar-refractivity contribution is -0.126. The number of nitrogens with zero attached hydrogens (tertiary/aromatic N) is 2. The quantitative estimate of drug-likeness (QED) is 0.852. The van der Waals surface area contributed by atoms with Gasteiger partial charge in [-0.25, -0.2) is 0 Å². The van der Waals surface area contributed by atoms with Crippen LogP contribution in [0.25, 0.3) is 0 Å². The van der Waals surface area contributed by atoms with E-state index in [4.69, 9.17) is 4.74 Å². The maximum atomic E-state index is 12.6. The predicted octanol–water partition coefficient (Wildman–Crippen LogP) is 0.592. The average molecular weight is 305 g/mol.